The van der Waals surface area contributed by atoms with E-state index in [1.807, 2.05) is 31.2 Å². The fraction of sp³-hybridized carbons (Fsp3) is 0.588. The first kappa shape index (κ1) is 29.4. The number of amides is 1. The number of aryl methyl sites for hydroxylation is 1. The number of piperidine rings is 2. The number of aliphatic hydroxyl groups excluding tert-OH is 1. The van der Waals surface area contributed by atoms with Gasteiger partial charge in [0.05, 0.1) is 17.7 Å². The third-order valence-corrected chi connectivity index (χ3v) is 9.87. The minimum atomic E-state index is -0.265. The summed E-state index contributed by atoms with van der Waals surface area (Å²) in [4.78, 5) is 18.3. The number of nitrogens with zero attached hydrogens (tertiary/aromatic N) is 3. The Kier molecular flexibility index (Phi) is 8.36. The molecule has 5 rings (SSSR count). The van der Waals surface area contributed by atoms with E-state index < -0.39 is 0 Å². The van der Waals surface area contributed by atoms with Crippen molar-refractivity contribution in [1.29, 1.82) is 5.26 Å². The second-order valence-electron chi connectivity index (χ2n) is 13.6. The summed E-state index contributed by atoms with van der Waals surface area (Å²) >= 11 is 0. The molecule has 7 nitrogen and oxygen atoms in total. The molecule has 41 heavy (non-hydrogen) atoms. The number of ether oxygens (including phenoxy) is 1. The van der Waals surface area contributed by atoms with Crippen molar-refractivity contribution in [3.05, 3.63) is 59.2 Å². The number of nitriles is 1. The lowest BCUT2D eigenvalue weighted by Gasteiger charge is -2.63. The smallest absolute Gasteiger partial charge is 0.251 e. The predicted octanol–water partition coefficient (Wildman–Crippen LogP) is 5.15. The Morgan fingerprint density at radius 1 is 1.00 bits per heavy atom. The zero-order valence-electron chi connectivity index (χ0n) is 25.3. The Morgan fingerprint density at radius 2 is 1.63 bits per heavy atom. The Balaban J connectivity index is 1.14. The molecule has 0 unspecified atom stereocenters. The summed E-state index contributed by atoms with van der Waals surface area (Å²) in [5.74, 6) is 1.42. The average molecular weight is 559 g/mol. The average Bonchev–Trinajstić information content (AvgIpc) is 2.96. The molecule has 2 aliphatic heterocycles. The van der Waals surface area contributed by atoms with Gasteiger partial charge >= 0.3 is 0 Å². The summed E-state index contributed by atoms with van der Waals surface area (Å²) in [6.45, 7) is 15.8. The molecule has 7 heteroatoms. The number of hydrogen-bond donors (Lipinski definition) is 2. The molecule has 3 fully saturated rings. The summed E-state index contributed by atoms with van der Waals surface area (Å²) in [6.07, 6.45) is 3.97. The molecular weight excluding hydrogens is 512 g/mol. The van der Waals surface area contributed by atoms with Crippen LogP contribution in [-0.4, -0.2) is 66.9 Å². The number of carbonyl (C=O) groups is 1. The number of aliphatic hydroxyl groups is 1. The first-order valence-corrected chi connectivity index (χ1v) is 15.2. The third kappa shape index (κ3) is 6.10. The minimum absolute atomic E-state index is 0.0474. The van der Waals surface area contributed by atoms with E-state index in [0.717, 1.165) is 62.8 Å². The highest BCUT2D eigenvalue weighted by atomic mass is 16.5. The zero-order valence-corrected chi connectivity index (χ0v) is 25.3. The maximum absolute atomic E-state index is 13.3. The summed E-state index contributed by atoms with van der Waals surface area (Å²) in [5, 5.41) is 22.3. The van der Waals surface area contributed by atoms with Crippen LogP contribution in [0.15, 0.2) is 42.5 Å². The molecule has 2 saturated heterocycles. The third-order valence-electron chi connectivity index (χ3n) is 9.87. The van der Waals surface area contributed by atoms with Crippen molar-refractivity contribution in [2.45, 2.75) is 78.6 Å². The second-order valence-corrected chi connectivity index (χ2v) is 13.6. The van der Waals surface area contributed by atoms with Gasteiger partial charge in [-0.05, 0) is 86.6 Å². The molecule has 0 spiro atoms. The van der Waals surface area contributed by atoms with E-state index in [0.29, 0.717) is 11.1 Å². The highest BCUT2D eigenvalue weighted by molar-refractivity contribution is 5.95. The molecule has 220 valence electrons. The van der Waals surface area contributed by atoms with Crippen LogP contribution < -0.4 is 15.0 Å². The van der Waals surface area contributed by atoms with Crippen molar-refractivity contribution >= 4 is 11.6 Å². The van der Waals surface area contributed by atoms with Crippen LogP contribution in [0.5, 0.6) is 5.75 Å². The van der Waals surface area contributed by atoms with Gasteiger partial charge < -0.3 is 25.0 Å². The van der Waals surface area contributed by atoms with E-state index in [-0.39, 0.29) is 35.0 Å². The van der Waals surface area contributed by atoms with Gasteiger partial charge in [-0.25, -0.2) is 0 Å². The highest BCUT2D eigenvalue weighted by Crippen LogP contribution is 2.55. The van der Waals surface area contributed by atoms with E-state index in [1.165, 1.54) is 18.5 Å². The fourth-order valence-corrected chi connectivity index (χ4v) is 7.65. The monoisotopic (exact) mass is 558 g/mol. The van der Waals surface area contributed by atoms with Gasteiger partial charge in [-0.1, -0.05) is 27.7 Å². The Labute approximate surface area is 245 Å². The van der Waals surface area contributed by atoms with Crippen LogP contribution in [0.2, 0.25) is 0 Å². The molecule has 1 amide bonds. The molecule has 0 bridgehead atoms. The molecule has 3 aliphatic rings. The van der Waals surface area contributed by atoms with Crippen LogP contribution in [0.1, 0.15) is 74.9 Å². The first-order chi connectivity index (χ1) is 19.5. The van der Waals surface area contributed by atoms with Gasteiger partial charge in [0.1, 0.15) is 11.9 Å². The molecule has 0 radical (unpaired) electrons. The van der Waals surface area contributed by atoms with Gasteiger partial charge in [0.15, 0.2) is 0 Å². The van der Waals surface area contributed by atoms with Gasteiger partial charge in [0.25, 0.3) is 5.91 Å². The van der Waals surface area contributed by atoms with Crippen LogP contribution in [0.4, 0.5) is 5.69 Å². The standard InChI is InChI=1S/C34H46N4O3/c1-23-20-29(11-8-26(23)21-35)41-32-33(2,3)31(34(32,4)5)36-30(40)25-6-9-27(10-7-25)38-18-12-24(13-19-38)22-37-16-14-28(39)15-17-37/h6-11,20,24,28,31-32,39H,12-19,22H2,1-5H3,(H,36,40). The summed E-state index contributed by atoms with van der Waals surface area (Å²) in [6, 6.07) is 15.8. The number of carbonyl (C=O) groups excluding carboxylic acids is 1. The fourth-order valence-electron chi connectivity index (χ4n) is 7.65. The van der Waals surface area contributed by atoms with Crippen molar-refractivity contribution in [3.8, 4) is 11.8 Å². The van der Waals surface area contributed by atoms with Gasteiger partial charge in [-0.3, -0.25) is 4.79 Å². The number of hydrogen-bond acceptors (Lipinski definition) is 6. The lowest BCUT2D eigenvalue weighted by atomic mass is 9.49. The van der Waals surface area contributed by atoms with Crippen LogP contribution in [0.25, 0.3) is 0 Å². The van der Waals surface area contributed by atoms with Gasteiger partial charge in [0.2, 0.25) is 0 Å². The molecule has 2 aromatic carbocycles. The topological polar surface area (TPSA) is 88.8 Å². The van der Waals surface area contributed by atoms with Gasteiger partial charge in [0, 0.05) is 60.8 Å². The largest absolute Gasteiger partial charge is 0.489 e. The Bertz CT molecular complexity index is 1250. The van der Waals surface area contributed by atoms with Crippen molar-refractivity contribution in [2.24, 2.45) is 16.7 Å². The number of rotatable bonds is 7. The molecule has 1 saturated carbocycles. The van der Waals surface area contributed by atoms with Crippen molar-refractivity contribution < 1.29 is 14.6 Å². The summed E-state index contributed by atoms with van der Waals surface area (Å²) in [7, 11) is 0. The highest BCUT2D eigenvalue weighted by Gasteiger charge is 2.64. The molecule has 2 heterocycles. The SMILES string of the molecule is Cc1cc(OC2C(C)(C)C(NC(=O)c3ccc(N4CCC(CN5CCC(O)CC5)CC4)cc3)C2(C)C)ccc1C#N. The number of benzene rings is 2. The number of nitrogens with one attached hydrogen (secondary N) is 1. The minimum Gasteiger partial charge on any atom is -0.489 e. The Hall–Kier alpha value is -3.08. The van der Waals surface area contributed by atoms with E-state index in [4.69, 9.17) is 4.74 Å². The maximum atomic E-state index is 13.3. The van der Waals surface area contributed by atoms with E-state index in [1.54, 1.807) is 6.07 Å². The van der Waals surface area contributed by atoms with Crippen molar-refractivity contribution in [3.63, 3.8) is 0 Å². The molecule has 2 aromatic rings. The quantitative estimate of drug-likeness (QED) is 0.489. The lowest BCUT2D eigenvalue weighted by Crippen LogP contribution is -2.74. The van der Waals surface area contributed by atoms with Crippen LogP contribution >= 0.6 is 0 Å². The summed E-state index contributed by atoms with van der Waals surface area (Å²) in [5.41, 5.74) is 2.88. The second kappa shape index (κ2) is 11.7. The van der Waals surface area contributed by atoms with Crippen LogP contribution in [-0.2, 0) is 0 Å². The van der Waals surface area contributed by atoms with Crippen molar-refractivity contribution in [1.82, 2.24) is 10.2 Å². The number of likely N-dealkylation sites (tertiary alicyclic amines) is 1. The normalized spacial score (nSPS) is 24.8. The lowest BCUT2D eigenvalue weighted by molar-refractivity contribution is -0.164. The van der Waals surface area contributed by atoms with Gasteiger partial charge in [-0.15, -0.1) is 0 Å². The predicted molar refractivity (Wildman–Crippen MR) is 162 cm³/mol. The molecule has 1 aliphatic carbocycles. The Morgan fingerprint density at radius 3 is 2.22 bits per heavy atom. The van der Waals surface area contributed by atoms with E-state index in [9.17, 15) is 15.2 Å². The van der Waals surface area contributed by atoms with E-state index in [2.05, 4.69) is 61.0 Å². The molecule has 2 N–H and O–H groups in total. The summed E-state index contributed by atoms with van der Waals surface area (Å²) < 4.78 is 6.44. The maximum Gasteiger partial charge on any atom is 0.251 e. The van der Waals surface area contributed by atoms with Gasteiger partial charge in [-0.2, -0.15) is 5.26 Å². The number of anilines is 1. The molecule has 0 atom stereocenters. The molecular formula is C34H46N4O3. The van der Waals surface area contributed by atoms with Crippen LogP contribution in [0.3, 0.4) is 0 Å². The van der Waals surface area contributed by atoms with E-state index >= 15 is 0 Å². The molecule has 0 aromatic heterocycles. The van der Waals surface area contributed by atoms with Crippen molar-refractivity contribution in [2.75, 3.05) is 37.6 Å². The zero-order chi connectivity index (χ0) is 29.4. The first-order valence-electron chi connectivity index (χ1n) is 15.2. The van der Waals surface area contributed by atoms with Crippen LogP contribution in [0, 0.1) is 35.0 Å².